The van der Waals surface area contributed by atoms with Crippen LogP contribution in [0.1, 0.15) is 5.56 Å². The number of nitrogens with zero attached hydrogens (tertiary/aromatic N) is 2. The van der Waals surface area contributed by atoms with Crippen molar-refractivity contribution in [1.82, 2.24) is 4.98 Å². The van der Waals surface area contributed by atoms with E-state index in [4.69, 9.17) is 23.2 Å². The molecule has 0 saturated carbocycles. The van der Waals surface area contributed by atoms with Crippen LogP contribution in [0.2, 0.25) is 10.0 Å². The Kier molecular flexibility index (Phi) is 5.46. The van der Waals surface area contributed by atoms with Gasteiger partial charge in [0.15, 0.2) is 5.82 Å². The Bertz CT molecular complexity index is 1010. The minimum Gasteiger partial charge on any atom is -0.244 e. The number of benzene rings is 2. The number of hydrogen-bond donors (Lipinski definition) is 0. The maximum absolute atomic E-state index is 13.2. The summed E-state index contributed by atoms with van der Waals surface area (Å²) < 4.78 is 40.6. The van der Waals surface area contributed by atoms with E-state index in [1.807, 2.05) is 0 Å². The van der Waals surface area contributed by atoms with Crippen LogP contribution in [0.4, 0.5) is 10.2 Å². The lowest BCUT2D eigenvalue weighted by Gasteiger charge is -2.24. The van der Waals surface area contributed by atoms with Crippen molar-refractivity contribution in [3.63, 3.8) is 0 Å². The molecule has 134 valence electrons. The largest absolute Gasteiger partial charge is 0.265 e. The van der Waals surface area contributed by atoms with Crippen molar-refractivity contribution in [3.05, 3.63) is 88.3 Å². The van der Waals surface area contributed by atoms with Crippen molar-refractivity contribution in [2.75, 3.05) is 4.31 Å². The topological polar surface area (TPSA) is 50.3 Å². The summed E-state index contributed by atoms with van der Waals surface area (Å²) in [5.74, 6) is -0.363. The van der Waals surface area contributed by atoms with Gasteiger partial charge in [0.05, 0.1) is 21.5 Å². The quantitative estimate of drug-likeness (QED) is 0.599. The summed E-state index contributed by atoms with van der Waals surface area (Å²) in [6, 6.07) is 14.9. The summed E-state index contributed by atoms with van der Waals surface area (Å²) in [6.07, 6.45) is 1.32. The first kappa shape index (κ1) is 18.6. The molecule has 0 bridgehead atoms. The van der Waals surface area contributed by atoms with Gasteiger partial charge in [0, 0.05) is 6.20 Å². The van der Waals surface area contributed by atoms with Gasteiger partial charge >= 0.3 is 0 Å². The van der Waals surface area contributed by atoms with Crippen LogP contribution in [0.5, 0.6) is 0 Å². The van der Waals surface area contributed by atoms with E-state index >= 15 is 0 Å². The Morgan fingerprint density at radius 1 is 1.00 bits per heavy atom. The lowest BCUT2D eigenvalue weighted by atomic mass is 10.2. The lowest BCUT2D eigenvalue weighted by Crippen LogP contribution is -2.31. The van der Waals surface area contributed by atoms with E-state index in [-0.39, 0.29) is 27.3 Å². The molecule has 2 aromatic carbocycles. The van der Waals surface area contributed by atoms with Crippen molar-refractivity contribution >= 4 is 39.0 Å². The summed E-state index contributed by atoms with van der Waals surface area (Å²) in [5, 5.41) is 0.386. The Hall–Kier alpha value is -2.15. The second-order valence-corrected chi connectivity index (χ2v) is 8.12. The zero-order valence-electron chi connectivity index (χ0n) is 13.3. The fourth-order valence-corrected chi connectivity index (χ4v) is 4.32. The Morgan fingerprint density at radius 2 is 1.65 bits per heavy atom. The number of sulfonamides is 1. The van der Waals surface area contributed by atoms with Crippen molar-refractivity contribution < 1.29 is 12.8 Å². The van der Waals surface area contributed by atoms with Crippen LogP contribution in [-0.2, 0) is 16.6 Å². The monoisotopic (exact) mass is 410 g/mol. The first-order valence-electron chi connectivity index (χ1n) is 7.51. The molecular weight excluding hydrogens is 398 g/mol. The molecule has 8 heteroatoms. The Labute approximate surface area is 160 Å². The summed E-state index contributed by atoms with van der Waals surface area (Å²) >= 11 is 12.1. The zero-order chi connectivity index (χ0) is 18.7. The third kappa shape index (κ3) is 3.98. The molecule has 3 aromatic rings. The van der Waals surface area contributed by atoms with Crippen LogP contribution in [0.15, 0.2) is 71.8 Å². The predicted octanol–water partition coefficient (Wildman–Crippen LogP) is 4.92. The van der Waals surface area contributed by atoms with Crippen molar-refractivity contribution in [1.29, 1.82) is 0 Å². The molecule has 1 heterocycles. The Morgan fingerprint density at radius 3 is 2.27 bits per heavy atom. The van der Waals surface area contributed by atoms with E-state index < -0.39 is 15.8 Å². The minimum absolute atomic E-state index is 0.0456. The molecule has 0 atom stereocenters. The smallest absolute Gasteiger partial charge is 0.244 e. The maximum Gasteiger partial charge on any atom is 0.265 e. The average molecular weight is 411 g/mol. The number of hydrogen-bond acceptors (Lipinski definition) is 3. The number of aromatic nitrogens is 1. The van der Waals surface area contributed by atoms with Crippen LogP contribution >= 0.6 is 23.2 Å². The second kappa shape index (κ2) is 7.61. The van der Waals surface area contributed by atoms with Crippen molar-refractivity contribution in [2.45, 2.75) is 11.4 Å². The van der Waals surface area contributed by atoms with Gasteiger partial charge in [0.1, 0.15) is 5.82 Å². The van der Waals surface area contributed by atoms with Gasteiger partial charge in [-0.15, -0.1) is 0 Å². The molecule has 4 nitrogen and oxygen atoms in total. The van der Waals surface area contributed by atoms with Gasteiger partial charge in [-0.2, -0.15) is 0 Å². The summed E-state index contributed by atoms with van der Waals surface area (Å²) in [4.78, 5) is 4.18. The molecule has 1 aromatic heterocycles. The average Bonchev–Trinajstić information content (AvgIpc) is 2.62. The van der Waals surface area contributed by atoms with Gasteiger partial charge in [0.2, 0.25) is 0 Å². The number of pyridine rings is 1. The highest BCUT2D eigenvalue weighted by molar-refractivity contribution is 7.92. The Balaban J connectivity index is 2.11. The van der Waals surface area contributed by atoms with Crippen molar-refractivity contribution in [3.8, 4) is 0 Å². The molecule has 26 heavy (non-hydrogen) atoms. The van der Waals surface area contributed by atoms with E-state index in [1.165, 1.54) is 48.7 Å². The van der Waals surface area contributed by atoms with Crippen LogP contribution < -0.4 is 4.31 Å². The molecule has 0 aliphatic rings. The van der Waals surface area contributed by atoms with Gasteiger partial charge in [0.25, 0.3) is 10.0 Å². The van der Waals surface area contributed by atoms with Crippen LogP contribution in [-0.4, -0.2) is 13.4 Å². The van der Waals surface area contributed by atoms with E-state index in [1.54, 1.807) is 18.2 Å². The van der Waals surface area contributed by atoms with Crippen LogP contribution in [0, 0.1) is 5.82 Å². The molecule has 0 aliphatic heterocycles. The standard InChI is InChI=1S/C18H13Cl2FN2O2S/c19-14-10-17(20)18(22-11-14)23(12-13-6-8-15(21)9-7-13)26(24,25)16-4-2-1-3-5-16/h1-11H,12H2. The molecular formula is C18H13Cl2FN2O2S. The first-order valence-corrected chi connectivity index (χ1v) is 9.71. The lowest BCUT2D eigenvalue weighted by molar-refractivity contribution is 0.589. The van der Waals surface area contributed by atoms with Gasteiger partial charge in [-0.1, -0.05) is 53.5 Å². The summed E-state index contributed by atoms with van der Waals surface area (Å²) in [7, 11) is -3.95. The van der Waals surface area contributed by atoms with Gasteiger partial charge in [-0.05, 0) is 35.9 Å². The second-order valence-electron chi connectivity index (χ2n) is 5.41. The minimum atomic E-state index is -3.95. The van der Waals surface area contributed by atoms with E-state index in [0.29, 0.717) is 5.56 Å². The van der Waals surface area contributed by atoms with Crippen LogP contribution in [0.25, 0.3) is 0 Å². The third-order valence-corrected chi connectivity index (χ3v) is 5.83. The SMILES string of the molecule is O=S(=O)(c1ccccc1)N(Cc1ccc(F)cc1)c1ncc(Cl)cc1Cl. The highest BCUT2D eigenvalue weighted by Gasteiger charge is 2.28. The third-order valence-electron chi connectivity index (χ3n) is 3.60. The predicted molar refractivity (Wildman–Crippen MR) is 100 cm³/mol. The normalized spacial score (nSPS) is 11.3. The summed E-state index contributed by atoms with van der Waals surface area (Å²) in [5.41, 5.74) is 0.582. The molecule has 0 spiro atoms. The molecule has 0 aliphatic carbocycles. The number of halogens is 3. The molecule has 0 saturated heterocycles. The maximum atomic E-state index is 13.2. The van der Waals surface area contributed by atoms with Gasteiger partial charge < -0.3 is 0 Å². The highest BCUT2D eigenvalue weighted by atomic mass is 35.5. The highest BCUT2D eigenvalue weighted by Crippen LogP contribution is 2.31. The van der Waals surface area contributed by atoms with E-state index in [2.05, 4.69) is 4.98 Å². The molecule has 0 N–H and O–H groups in total. The van der Waals surface area contributed by atoms with Gasteiger partial charge in [-0.3, -0.25) is 0 Å². The molecule has 0 fully saturated rings. The van der Waals surface area contributed by atoms with E-state index in [0.717, 1.165) is 4.31 Å². The van der Waals surface area contributed by atoms with Crippen LogP contribution in [0.3, 0.4) is 0 Å². The molecule has 3 rings (SSSR count). The van der Waals surface area contributed by atoms with Crippen molar-refractivity contribution in [2.24, 2.45) is 0 Å². The summed E-state index contributed by atoms with van der Waals surface area (Å²) in [6.45, 7) is -0.0636. The first-order chi connectivity index (χ1) is 12.4. The fourth-order valence-electron chi connectivity index (χ4n) is 2.34. The van der Waals surface area contributed by atoms with Gasteiger partial charge in [-0.25, -0.2) is 22.1 Å². The zero-order valence-corrected chi connectivity index (χ0v) is 15.6. The van der Waals surface area contributed by atoms with E-state index in [9.17, 15) is 12.8 Å². The number of rotatable bonds is 5. The molecule has 0 amide bonds. The molecule has 0 radical (unpaired) electrons. The fraction of sp³-hybridized carbons (Fsp3) is 0.0556. The molecule has 0 unspecified atom stereocenters. The number of anilines is 1.